The Morgan fingerprint density at radius 2 is 2.09 bits per heavy atom. The molecule has 3 fully saturated rings. The lowest BCUT2D eigenvalue weighted by molar-refractivity contribution is -0.0775. The Balaban J connectivity index is 1.71. The molecule has 6 heteroatoms. The van der Waals surface area contributed by atoms with Gasteiger partial charge in [0.05, 0.1) is 18.2 Å². The third-order valence-corrected chi connectivity index (χ3v) is 5.20. The van der Waals surface area contributed by atoms with Crippen LogP contribution < -0.4 is 5.48 Å². The number of nitrogens with one attached hydrogen (secondary N) is 1. The van der Waals surface area contributed by atoms with Gasteiger partial charge in [-0.2, -0.15) is 5.48 Å². The number of rotatable bonds is 3. The normalized spacial score (nSPS) is 38.0. The van der Waals surface area contributed by atoms with Crippen molar-refractivity contribution in [3.05, 3.63) is 35.4 Å². The first kappa shape index (κ1) is 14.5. The molecule has 0 aromatic heterocycles. The van der Waals surface area contributed by atoms with E-state index in [-0.39, 0.29) is 24.2 Å². The molecule has 1 saturated carbocycles. The lowest BCUT2D eigenvalue weighted by Crippen LogP contribution is -2.53. The van der Waals surface area contributed by atoms with Gasteiger partial charge in [-0.25, -0.2) is 13.2 Å². The van der Waals surface area contributed by atoms with Gasteiger partial charge in [0.2, 0.25) is 0 Å². The van der Waals surface area contributed by atoms with Gasteiger partial charge in [-0.1, -0.05) is 6.07 Å². The first-order chi connectivity index (χ1) is 10.6. The van der Waals surface area contributed by atoms with Crippen molar-refractivity contribution >= 4 is 0 Å². The van der Waals surface area contributed by atoms with Crippen molar-refractivity contribution < 1.29 is 22.7 Å². The van der Waals surface area contributed by atoms with Gasteiger partial charge in [0.25, 0.3) is 0 Å². The minimum Gasteiger partial charge on any atom is -0.376 e. The summed E-state index contributed by atoms with van der Waals surface area (Å²) >= 11 is 0. The zero-order valence-corrected chi connectivity index (χ0v) is 12.0. The van der Waals surface area contributed by atoms with Crippen LogP contribution in [0.25, 0.3) is 0 Å². The maximum atomic E-state index is 14.3. The molecular formula is C16H18F3NO2. The molecule has 1 aromatic carbocycles. The molecule has 22 heavy (non-hydrogen) atoms. The van der Waals surface area contributed by atoms with Crippen LogP contribution in [0.5, 0.6) is 0 Å². The van der Waals surface area contributed by atoms with Crippen molar-refractivity contribution in [3.8, 4) is 0 Å². The Hall–Kier alpha value is -1.11. The van der Waals surface area contributed by atoms with Crippen LogP contribution in [0.2, 0.25) is 0 Å². The number of halogens is 3. The minimum atomic E-state index is -0.945. The van der Waals surface area contributed by atoms with E-state index in [1.54, 1.807) is 0 Å². The molecule has 4 atom stereocenters. The molecule has 2 aliphatic heterocycles. The minimum absolute atomic E-state index is 0.0826. The second-order valence-electron chi connectivity index (χ2n) is 6.54. The lowest BCUT2D eigenvalue weighted by Gasteiger charge is -2.42. The molecule has 1 N–H and O–H groups in total. The second kappa shape index (κ2) is 5.22. The third-order valence-electron chi connectivity index (χ3n) is 5.20. The molecule has 1 aliphatic carbocycles. The molecule has 3 nitrogen and oxygen atoms in total. The fourth-order valence-electron chi connectivity index (χ4n) is 3.82. The zero-order chi connectivity index (χ0) is 15.3. The van der Waals surface area contributed by atoms with E-state index in [9.17, 15) is 13.2 Å². The standard InChI is InChI=1S/C16H18F3NO2/c17-7-15-12-6-14(9-1-2-9)21-8-16(12,20-22-15)11-4-3-10(18)5-13(11)19/h3-5,9,12,14-15,20H,1-2,6-8H2. The molecule has 0 bridgehead atoms. The van der Waals surface area contributed by atoms with E-state index >= 15 is 0 Å². The molecule has 4 unspecified atom stereocenters. The summed E-state index contributed by atoms with van der Waals surface area (Å²) in [5.41, 5.74) is 2.14. The first-order valence-corrected chi connectivity index (χ1v) is 7.70. The predicted molar refractivity (Wildman–Crippen MR) is 72.6 cm³/mol. The van der Waals surface area contributed by atoms with Crippen molar-refractivity contribution in [1.82, 2.24) is 5.48 Å². The van der Waals surface area contributed by atoms with Crippen LogP contribution in [0.1, 0.15) is 24.8 Å². The van der Waals surface area contributed by atoms with E-state index in [1.807, 2.05) is 0 Å². The maximum Gasteiger partial charge on any atom is 0.131 e. The number of fused-ring (bicyclic) bond motifs is 1. The summed E-state index contributed by atoms with van der Waals surface area (Å²) in [5, 5.41) is 0. The molecule has 1 aromatic rings. The van der Waals surface area contributed by atoms with Crippen molar-refractivity contribution in [1.29, 1.82) is 0 Å². The molecular weight excluding hydrogens is 295 g/mol. The van der Waals surface area contributed by atoms with Gasteiger partial charge in [-0.15, -0.1) is 0 Å². The number of alkyl halides is 1. The highest BCUT2D eigenvalue weighted by molar-refractivity contribution is 5.30. The summed E-state index contributed by atoms with van der Waals surface area (Å²) in [6, 6.07) is 3.45. The third kappa shape index (κ3) is 2.16. The van der Waals surface area contributed by atoms with Crippen molar-refractivity contribution in [2.24, 2.45) is 11.8 Å². The van der Waals surface area contributed by atoms with Gasteiger partial charge < -0.3 is 4.74 Å². The highest BCUT2D eigenvalue weighted by Crippen LogP contribution is 2.49. The second-order valence-corrected chi connectivity index (χ2v) is 6.54. The average molecular weight is 313 g/mol. The Morgan fingerprint density at radius 3 is 2.77 bits per heavy atom. The van der Waals surface area contributed by atoms with E-state index in [0.717, 1.165) is 18.9 Å². The van der Waals surface area contributed by atoms with E-state index in [0.29, 0.717) is 12.3 Å². The topological polar surface area (TPSA) is 30.5 Å². The largest absolute Gasteiger partial charge is 0.376 e. The smallest absolute Gasteiger partial charge is 0.131 e. The summed E-state index contributed by atoms with van der Waals surface area (Å²) in [6.45, 7) is -0.433. The summed E-state index contributed by atoms with van der Waals surface area (Å²) in [7, 11) is 0. The quantitative estimate of drug-likeness (QED) is 0.931. The Labute approximate surface area is 126 Å². The Morgan fingerprint density at radius 1 is 1.27 bits per heavy atom. The average Bonchev–Trinajstić information content (AvgIpc) is 3.28. The summed E-state index contributed by atoms with van der Waals surface area (Å²) in [5.74, 6) is -0.995. The van der Waals surface area contributed by atoms with Crippen LogP contribution in [0.15, 0.2) is 18.2 Å². The number of ether oxygens (including phenoxy) is 1. The first-order valence-electron chi connectivity index (χ1n) is 7.70. The van der Waals surface area contributed by atoms with Gasteiger partial charge in [0, 0.05) is 17.5 Å². The lowest BCUT2D eigenvalue weighted by atomic mass is 9.72. The van der Waals surface area contributed by atoms with Crippen LogP contribution in [0, 0.1) is 23.5 Å². The Kier molecular flexibility index (Phi) is 3.43. The van der Waals surface area contributed by atoms with Gasteiger partial charge in [-0.3, -0.25) is 4.84 Å². The van der Waals surface area contributed by atoms with Crippen LogP contribution >= 0.6 is 0 Å². The fraction of sp³-hybridized carbons (Fsp3) is 0.625. The van der Waals surface area contributed by atoms with Gasteiger partial charge in [0.15, 0.2) is 0 Å². The summed E-state index contributed by atoms with van der Waals surface area (Å²) in [6.07, 6.45) is 2.34. The molecule has 0 radical (unpaired) electrons. The SMILES string of the molecule is FCC1ONC2(c3ccc(F)cc3F)COC(C3CC3)CC12. The number of hydrogen-bond donors (Lipinski definition) is 1. The monoisotopic (exact) mass is 313 g/mol. The molecule has 3 aliphatic rings. The molecule has 0 amide bonds. The molecule has 4 rings (SSSR count). The van der Waals surface area contributed by atoms with Gasteiger partial charge in [-0.05, 0) is 31.2 Å². The van der Waals surface area contributed by atoms with Crippen molar-refractivity contribution in [3.63, 3.8) is 0 Å². The zero-order valence-electron chi connectivity index (χ0n) is 12.0. The number of hydrogen-bond acceptors (Lipinski definition) is 3. The summed E-state index contributed by atoms with van der Waals surface area (Å²) in [4.78, 5) is 5.38. The highest BCUT2D eigenvalue weighted by atomic mass is 19.1. The predicted octanol–water partition coefficient (Wildman–Crippen LogP) is 2.85. The molecule has 2 saturated heterocycles. The van der Waals surface area contributed by atoms with Crippen molar-refractivity contribution in [2.75, 3.05) is 13.3 Å². The van der Waals surface area contributed by atoms with E-state index in [4.69, 9.17) is 9.57 Å². The van der Waals surface area contributed by atoms with Crippen LogP contribution in [-0.4, -0.2) is 25.5 Å². The number of benzene rings is 1. The molecule has 120 valence electrons. The molecule has 0 spiro atoms. The van der Waals surface area contributed by atoms with Gasteiger partial charge in [0.1, 0.15) is 24.4 Å². The highest BCUT2D eigenvalue weighted by Gasteiger charge is 2.57. The van der Waals surface area contributed by atoms with Crippen LogP contribution in [0.4, 0.5) is 13.2 Å². The van der Waals surface area contributed by atoms with Gasteiger partial charge >= 0.3 is 0 Å². The van der Waals surface area contributed by atoms with E-state index < -0.39 is 30.0 Å². The number of hydroxylamine groups is 1. The van der Waals surface area contributed by atoms with E-state index in [2.05, 4.69) is 5.48 Å². The summed E-state index contributed by atoms with van der Waals surface area (Å²) < 4.78 is 46.7. The molecule has 2 heterocycles. The van der Waals surface area contributed by atoms with Crippen LogP contribution in [0.3, 0.4) is 0 Å². The maximum absolute atomic E-state index is 14.3. The van der Waals surface area contributed by atoms with Crippen LogP contribution in [-0.2, 0) is 15.1 Å². The van der Waals surface area contributed by atoms with Crippen molar-refractivity contribution in [2.45, 2.75) is 37.0 Å². The van der Waals surface area contributed by atoms with E-state index in [1.165, 1.54) is 12.1 Å². The fourth-order valence-corrected chi connectivity index (χ4v) is 3.82. The Bertz CT molecular complexity index is 581.